The van der Waals surface area contributed by atoms with Crippen molar-refractivity contribution >= 4 is 15.8 Å². The van der Waals surface area contributed by atoms with Crippen molar-refractivity contribution in [2.24, 2.45) is 0 Å². The third-order valence-corrected chi connectivity index (χ3v) is 12.6. The fourth-order valence-corrected chi connectivity index (χ4v) is 11.0. The van der Waals surface area contributed by atoms with Crippen molar-refractivity contribution in [3.63, 3.8) is 0 Å². The molecule has 28 heavy (non-hydrogen) atoms. The van der Waals surface area contributed by atoms with Gasteiger partial charge in [0.1, 0.15) is 0 Å². The Morgan fingerprint density at radius 1 is 0.607 bits per heavy atom. The van der Waals surface area contributed by atoms with Crippen molar-refractivity contribution in [2.75, 3.05) is 0 Å². The van der Waals surface area contributed by atoms with Gasteiger partial charge in [-0.25, -0.2) is 0 Å². The first-order valence-electron chi connectivity index (χ1n) is 9.98. The smallest absolute Gasteiger partial charge is 0 e. The van der Waals surface area contributed by atoms with Crippen molar-refractivity contribution in [1.82, 2.24) is 0 Å². The van der Waals surface area contributed by atoms with Gasteiger partial charge in [0.05, 0.1) is 0 Å². The average Bonchev–Trinajstić information content (AvgIpc) is 2.37. The van der Waals surface area contributed by atoms with E-state index in [-0.39, 0.29) is 41.4 Å². The monoisotopic (exact) mass is 604 g/mol. The van der Waals surface area contributed by atoms with E-state index in [1.54, 1.807) is 0 Å². The predicted octanol–water partition coefficient (Wildman–Crippen LogP) is 7.82. The largest absolute Gasteiger partial charge is 0.412 e. The first kappa shape index (κ1) is 30.9. The molecule has 0 bridgehead atoms. The quantitative estimate of drug-likeness (QED) is 0.248. The van der Waals surface area contributed by atoms with E-state index < -0.39 is 0 Å². The topological polar surface area (TPSA) is 31.5 Å². The van der Waals surface area contributed by atoms with Crippen LogP contribution in [0.5, 0.6) is 0 Å². The Balaban J connectivity index is 0. The summed E-state index contributed by atoms with van der Waals surface area (Å²) >= 11 is 0. The Morgan fingerprint density at radius 2 is 0.857 bits per heavy atom. The molecular weight excluding hydrogens is 558 g/mol. The zero-order valence-electron chi connectivity index (χ0n) is 20.4. The molecule has 0 atom stereocenters. The van der Waals surface area contributed by atoms with Crippen molar-refractivity contribution in [2.45, 2.75) is 116 Å². The summed E-state index contributed by atoms with van der Waals surface area (Å²) in [7, 11) is -0.246. The van der Waals surface area contributed by atoms with E-state index in [0.717, 1.165) is 0 Å². The molecule has 1 radical (unpaired) electrons. The molecule has 0 heterocycles. The minimum absolute atomic E-state index is 0. The second-order valence-electron chi connectivity index (χ2n) is 11.6. The van der Waals surface area contributed by atoms with Gasteiger partial charge in [-0.15, -0.1) is 0 Å². The van der Waals surface area contributed by atoms with Gasteiger partial charge in [0.15, 0.2) is 0 Å². The maximum absolute atomic E-state index is 3.83. The van der Waals surface area contributed by atoms with Crippen LogP contribution in [0.1, 0.15) is 94.2 Å². The van der Waals surface area contributed by atoms with Gasteiger partial charge < -0.3 is 5.48 Å². The maximum atomic E-state index is 3.83. The average molecular weight is 604 g/mol. The normalized spacial score (nSPS) is 13.4. The molecule has 1 rings (SSSR count). The molecule has 0 aliphatic rings. The molecule has 0 saturated carbocycles. The fourth-order valence-electron chi connectivity index (χ4n) is 4.06. The van der Waals surface area contributed by atoms with Gasteiger partial charge in [-0.1, -0.05) is 98.9 Å². The van der Waals surface area contributed by atoms with Gasteiger partial charge in [-0.2, -0.15) is 35.4 Å². The van der Waals surface area contributed by atoms with Crippen LogP contribution in [-0.2, 0) is 32.4 Å². The molecule has 0 saturated heterocycles. The molecule has 0 fully saturated rings. The van der Waals surface area contributed by atoms with Crippen LogP contribution in [0.25, 0.3) is 0 Å². The molecule has 1 aromatic rings. The van der Waals surface area contributed by atoms with E-state index in [1.807, 2.05) is 0 Å². The third kappa shape index (κ3) is 9.67. The number of hydrogen-bond donors (Lipinski definition) is 0. The molecule has 0 aliphatic carbocycles. The van der Waals surface area contributed by atoms with E-state index in [9.17, 15) is 0 Å². The Labute approximate surface area is 192 Å². The standard InChI is InChI=1S/C24H43P2.Ir.H2O/c1-21(2,3)25(22(4,5)6)17-19-14-13-15-20(16-19)18-26(23(7,8)9)24(10,11)12;;/h13-15H,17-18H2,1-12H3;;1H2/q-1;;. The molecule has 167 valence electrons. The molecule has 0 amide bonds. The Kier molecular flexibility index (Phi) is 11.9. The number of hydrogen-bond acceptors (Lipinski definition) is 0. The Morgan fingerprint density at radius 3 is 1.07 bits per heavy atom. The van der Waals surface area contributed by atoms with Crippen LogP contribution in [0.15, 0.2) is 18.2 Å². The molecule has 0 aromatic heterocycles. The van der Waals surface area contributed by atoms with Gasteiger partial charge in [-0.3, -0.25) is 0 Å². The van der Waals surface area contributed by atoms with E-state index in [4.69, 9.17) is 0 Å². The summed E-state index contributed by atoms with van der Waals surface area (Å²) in [5, 5.41) is 1.45. The van der Waals surface area contributed by atoms with Gasteiger partial charge in [-0.05, 0) is 32.9 Å². The fraction of sp³-hybridized carbons (Fsp3) is 0.750. The molecule has 1 nitrogen and oxygen atoms in total. The number of rotatable bonds is 4. The second kappa shape index (κ2) is 10.8. The summed E-state index contributed by atoms with van der Waals surface area (Å²) < 4.78 is 0. The van der Waals surface area contributed by atoms with Crippen molar-refractivity contribution in [1.29, 1.82) is 0 Å². The van der Waals surface area contributed by atoms with Gasteiger partial charge in [0.2, 0.25) is 0 Å². The van der Waals surface area contributed by atoms with E-state index in [0.29, 0.717) is 20.6 Å². The first-order valence-corrected chi connectivity index (χ1v) is 13.0. The Hall–Kier alpha value is 0.689. The van der Waals surface area contributed by atoms with Crippen LogP contribution < -0.4 is 0 Å². The first-order chi connectivity index (χ1) is 11.4. The van der Waals surface area contributed by atoms with Crippen LogP contribution in [0.3, 0.4) is 0 Å². The van der Waals surface area contributed by atoms with E-state index >= 15 is 0 Å². The molecule has 0 unspecified atom stereocenters. The summed E-state index contributed by atoms with van der Waals surface area (Å²) in [6.07, 6.45) is 2.36. The summed E-state index contributed by atoms with van der Waals surface area (Å²) in [5.74, 6) is 0. The maximum Gasteiger partial charge on any atom is 0 e. The Bertz CT molecular complexity index is 509. The second-order valence-corrected chi connectivity index (χ2v) is 19.3. The molecule has 0 aliphatic heterocycles. The van der Waals surface area contributed by atoms with E-state index in [1.165, 1.54) is 23.5 Å². The van der Waals surface area contributed by atoms with Crippen LogP contribution in [0.4, 0.5) is 0 Å². The number of benzene rings is 1. The minimum atomic E-state index is -0.123. The molecule has 0 spiro atoms. The van der Waals surface area contributed by atoms with E-state index in [2.05, 4.69) is 107 Å². The SMILES string of the molecule is CC(C)(C)P(Cc1[c-]c(CP(C(C)(C)C)C(C)(C)C)ccc1)C(C)(C)C.O.[Ir]. The molecule has 4 heteroatoms. The zero-order valence-corrected chi connectivity index (χ0v) is 24.6. The summed E-state index contributed by atoms with van der Waals surface area (Å²) in [5.41, 5.74) is 2.83. The molecule has 1 aromatic carbocycles. The molecule has 2 N–H and O–H groups in total. The summed E-state index contributed by atoms with van der Waals surface area (Å²) in [4.78, 5) is 0. The van der Waals surface area contributed by atoms with Crippen LogP contribution in [0, 0.1) is 6.07 Å². The van der Waals surface area contributed by atoms with Crippen molar-refractivity contribution in [3.05, 3.63) is 35.4 Å². The van der Waals surface area contributed by atoms with Crippen LogP contribution >= 0.6 is 15.8 Å². The minimum Gasteiger partial charge on any atom is -0.412 e. The summed E-state index contributed by atoms with van der Waals surface area (Å²) in [6.45, 7) is 28.9. The van der Waals surface area contributed by atoms with Crippen molar-refractivity contribution < 1.29 is 25.6 Å². The third-order valence-electron chi connectivity index (χ3n) is 4.81. The van der Waals surface area contributed by atoms with Crippen molar-refractivity contribution in [3.8, 4) is 0 Å². The van der Waals surface area contributed by atoms with Crippen LogP contribution in [0.2, 0.25) is 0 Å². The zero-order chi connectivity index (χ0) is 20.6. The van der Waals surface area contributed by atoms with Gasteiger partial charge in [0, 0.05) is 20.1 Å². The van der Waals surface area contributed by atoms with Crippen LogP contribution in [-0.4, -0.2) is 26.1 Å². The molecular formula is C24H45IrOP2-. The van der Waals surface area contributed by atoms with Gasteiger partial charge in [0.25, 0.3) is 0 Å². The van der Waals surface area contributed by atoms with Gasteiger partial charge >= 0.3 is 0 Å². The summed E-state index contributed by atoms with van der Waals surface area (Å²) in [6, 6.07) is 10.7. The predicted molar refractivity (Wildman–Crippen MR) is 129 cm³/mol.